The summed E-state index contributed by atoms with van der Waals surface area (Å²) in [6.07, 6.45) is 3.02. The molecule has 4 heteroatoms. The van der Waals surface area contributed by atoms with E-state index in [1.807, 2.05) is 13.0 Å². The molecular weight excluding hydrogens is 253 g/mol. The molecule has 13 heavy (non-hydrogen) atoms. The van der Waals surface area contributed by atoms with Gasteiger partial charge in [0, 0.05) is 6.20 Å². The van der Waals surface area contributed by atoms with Crippen LogP contribution in [0.15, 0.2) is 21.8 Å². The summed E-state index contributed by atoms with van der Waals surface area (Å²) in [5.74, 6) is 0. The Kier molecular flexibility index (Phi) is 2.36. The summed E-state index contributed by atoms with van der Waals surface area (Å²) < 4.78 is 14.3. The van der Waals surface area contributed by atoms with Gasteiger partial charge in [-0.25, -0.2) is 9.37 Å². The highest BCUT2D eigenvalue weighted by Crippen LogP contribution is 2.53. The lowest BCUT2D eigenvalue weighted by atomic mass is 10.3. The van der Waals surface area contributed by atoms with E-state index in [1.54, 1.807) is 6.20 Å². The molecule has 0 N–H and O–H groups in total. The molecule has 1 aliphatic carbocycles. The van der Waals surface area contributed by atoms with Gasteiger partial charge in [0.1, 0.15) is 5.03 Å². The van der Waals surface area contributed by atoms with Crippen molar-refractivity contribution in [1.29, 1.82) is 0 Å². The van der Waals surface area contributed by atoms with Crippen molar-refractivity contribution in [2.24, 2.45) is 0 Å². The number of hydrogen-bond donors (Lipinski definition) is 0. The fourth-order valence-corrected chi connectivity index (χ4v) is 2.45. The number of aromatic nitrogens is 1. The van der Waals surface area contributed by atoms with Crippen molar-refractivity contribution >= 4 is 27.7 Å². The molecule has 2 rings (SSSR count). The van der Waals surface area contributed by atoms with Crippen LogP contribution in [0.2, 0.25) is 0 Å². The van der Waals surface area contributed by atoms with E-state index < -0.39 is 5.00 Å². The van der Waals surface area contributed by atoms with E-state index in [4.69, 9.17) is 0 Å². The molecule has 1 fully saturated rings. The Balaban J connectivity index is 2.25. The van der Waals surface area contributed by atoms with Crippen molar-refractivity contribution in [2.75, 3.05) is 0 Å². The van der Waals surface area contributed by atoms with E-state index in [-0.39, 0.29) is 0 Å². The Morgan fingerprint density at radius 1 is 1.62 bits per heavy atom. The number of aryl methyl sites for hydroxylation is 1. The van der Waals surface area contributed by atoms with Crippen LogP contribution in [0.4, 0.5) is 4.39 Å². The van der Waals surface area contributed by atoms with Crippen molar-refractivity contribution < 1.29 is 4.39 Å². The van der Waals surface area contributed by atoms with Crippen LogP contribution in [0.25, 0.3) is 0 Å². The van der Waals surface area contributed by atoms with E-state index in [9.17, 15) is 4.39 Å². The topological polar surface area (TPSA) is 12.9 Å². The average Bonchev–Trinajstić information content (AvgIpc) is 2.78. The molecule has 1 nitrogen and oxygen atoms in total. The zero-order valence-electron chi connectivity index (χ0n) is 7.18. The first-order valence-corrected chi connectivity index (χ1v) is 5.71. The van der Waals surface area contributed by atoms with Crippen LogP contribution in [0, 0.1) is 6.92 Å². The minimum Gasteiger partial charge on any atom is -0.249 e. The molecule has 0 saturated heterocycles. The highest BCUT2D eigenvalue weighted by molar-refractivity contribution is 9.10. The van der Waals surface area contributed by atoms with E-state index in [0.717, 1.165) is 15.1 Å². The minimum atomic E-state index is -1.04. The Morgan fingerprint density at radius 2 is 2.31 bits per heavy atom. The van der Waals surface area contributed by atoms with Crippen LogP contribution in [0.5, 0.6) is 0 Å². The lowest BCUT2D eigenvalue weighted by Crippen LogP contribution is -1.94. The van der Waals surface area contributed by atoms with Gasteiger partial charge >= 0.3 is 0 Å². The zero-order valence-corrected chi connectivity index (χ0v) is 9.58. The second-order valence-electron chi connectivity index (χ2n) is 3.23. The molecule has 0 aliphatic heterocycles. The van der Waals surface area contributed by atoms with Gasteiger partial charge in [-0.3, -0.25) is 0 Å². The van der Waals surface area contributed by atoms with Gasteiger partial charge in [0.25, 0.3) is 0 Å². The number of thioether (sulfide) groups is 1. The van der Waals surface area contributed by atoms with Crippen molar-refractivity contribution in [3.8, 4) is 0 Å². The molecular formula is C9H9BrFNS. The lowest BCUT2D eigenvalue weighted by molar-refractivity contribution is 0.437. The Labute approximate surface area is 89.3 Å². The van der Waals surface area contributed by atoms with E-state index in [1.165, 1.54) is 11.8 Å². The van der Waals surface area contributed by atoms with E-state index >= 15 is 0 Å². The summed E-state index contributed by atoms with van der Waals surface area (Å²) in [6.45, 7) is 1.98. The Bertz CT molecular complexity index is 338. The predicted octanol–water partition coefficient (Wildman–Crippen LogP) is 3.70. The second-order valence-corrected chi connectivity index (χ2v) is 5.35. The summed E-state index contributed by atoms with van der Waals surface area (Å²) >= 11 is 4.64. The van der Waals surface area contributed by atoms with Gasteiger partial charge in [-0.2, -0.15) is 0 Å². The van der Waals surface area contributed by atoms with E-state index in [2.05, 4.69) is 20.9 Å². The summed E-state index contributed by atoms with van der Waals surface area (Å²) in [4.78, 5) is 4.14. The molecule has 0 amide bonds. The molecule has 1 aliphatic rings. The van der Waals surface area contributed by atoms with Crippen LogP contribution in [0.3, 0.4) is 0 Å². The zero-order chi connectivity index (χ0) is 9.47. The quantitative estimate of drug-likeness (QED) is 0.805. The lowest BCUT2D eigenvalue weighted by Gasteiger charge is -2.07. The molecule has 1 aromatic heterocycles. The fraction of sp³-hybridized carbons (Fsp3) is 0.444. The second kappa shape index (κ2) is 3.24. The maximum Gasteiger partial charge on any atom is 0.162 e. The summed E-state index contributed by atoms with van der Waals surface area (Å²) in [5, 5.41) is -0.274. The van der Waals surface area contributed by atoms with Gasteiger partial charge in [-0.1, -0.05) is 11.8 Å². The minimum absolute atomic E-state index is 0.653. The third-order valence-electron chi connectivity index (χ3n) is 1.97. The number of alkyl halides is 1. The molecule has 1 heterocycles. The number of nitrogens with zero attached hydrogens (tertiary/aromatic N) is 1. The average molecular weight is 262 g/mol. The van der Waals surface area contributed by atoms with Gasteiger partial charge in [0.05, 0.1) is 4.47 Å². The number of pyridine rings is 1. The molecule has 70 valence electrons. The van der Waals surface area contributed by atoms with Crippen LogP contribution >= 0.6 is 27.7 Å². The molecule has 0 spiro atoms. The van der Waals surface area contributed by atoms with Crippen LogP contribution in [-0.2, 0) is 0 Å². The molecule has 1 aromatic rings. The Hall–Kier alpha value is -0.0900. The van der Waals surface area contributed by atoms with Gasteiger partial charge in [-0.15, -0.1) is 0 Å². The maximum absolute atomic E-state index is 13.4. The van der Waals surface area contributed by atoms with Gasteiger partial charge in [0.15, 0.2) is 5.00 Å². The van der Waals surface area contributed by atoms with Crippen molar-refractivity contribution in [3.05, 3.63) is 22.3 Å². The predicted molar refractivity (Wildman–Crippen MR) is 55.6 cm³/mol. The molecule has 0 unspecified atom stereocenters. The van der Waals surface area contributed by atoms with Crippen molar-refractivity contribution in [3.63, 3.8) is 0 Å². The third-order valence-corrected chi connectivity index (χ3v) is 4.51. The van der Waals surface area contributed by atoms with E-state index in [0.29, 0.717) is 12.8 Å². The summed E-state index contributed by atoms with van der Waals surface area (Å²) in [5.41, 5.74) is 1.10. The highest BCUT2D eigenvalue weighted by atomic mass is 79.9. The van der Waals surface area contributed by atoms with Crippen molar-refractivity contribution in [1.82, 2.24) is 4.98 Å². The van der Waals surface area contributed by atoms with Crippen LogP contribution < -0.4 is 0 Å². The molecule has 0 bridgehead atoms. The first kappa shape index (κ1) is 9.46. The number of hydrogen-bond acceptors (Lipinski definition) is 2. The number of halogens is 2. The highest BCUT2D eigenvalue weighted by Gasteiger charge is 2.45. The summed E-state index contributed by atoms with van der Waals surface area (Å²) in [7, 11) is 0. The first-order chi connectivity index (χ1) is 6.11. The Morgan fingerprint density at radius 3 is 2.92 bits per heavy atom. The maximum atomic E-state index is 13.4. The third kappa shape index (κ3) is 2.05. The van der Waals surface area contributed by atoms with Crippen molar-refractivity contribution in [2.45, 2.75) is 29.8 Å². The monoisotopic (exact) mass is 261 g/mol. The number of rotatable bonds is 2. The SMILES string of the molecule is Cc1ccnc(SC2(F)CC2)c1Br. The molecule has 0 radical (unpaired) electrons. The fourth-order valence-electron chi connectivity index (χ4n) is 0.960. The standard InChI is InChI=1S/C9H9BrFNS/c1-6-2-5-12-8(7(6)10)13-9(11)3-4-9/h2,5H,3-4H2,1H3. The largest absolute Gasteiger partial charge is 0.249 e. The van der Waals surface area contributed by atoms with Crippen LogP contribution in [-0.4, -0.2) is 9.98 Å². The molecule has 1 saturated carbocycles. The first-order valence-electron chi connectivity index (χ1n) is 4.10. The van der Waals surface area contributed by atoms with Gasteiger partial charge < -0.3 is 0 Å². The smallest absolute Gasteiger partial charge is 0.162 e. The van der Waals surface area contributed by atoms with Crippen LogP contribution in [0.1, 0.15) is 18.4 Å². The van der Waals surface area contributed by atoms with Gasteiger partial charge in [-0.05, 0) is 47.3 Å². The molecule has 0 aromatic carbocycles. The summed E-state index contributed by atoms with van der Waals surface area (Å²) in [6, 6.07) is 1.91. The normalized spacial score (nSPS) is 18.7. The van der Waals surface area contributed by atoms with Gasteiger partial charge in [0.2, 0.25) is 0 Å². The molecule has 0 atom stereocenters.